The van der Waals surface area contributed by atoms with Gasteiger partial charge in [-0.25, -0.2) is 4.98 Å². The topological polar surface area (TPSA) is 105 Å². The van der Waals surface area contributed by atoms with Crippen LogP contribution in [-0.4, -0.2) is 34.9 Å². The first-order valence-corrected chi connectivity index (χ1v) is 13.6. The Hall–Kier alpha value is -3.17. The molecular weight excluding hydrogens is 510 g/mol. The van der Waals surface area contributed by atoms with Crippen LogP contribution in [0.4, 0.5) is 11.4 Å². The largest absolute Gasteiger partial charge is 0.481 e. The minimum absolute atomic E-state index is 0.0503. The van der Waals surface area contributed by atoms with E-state index in [1.165, 1.54) is 18.4 Å². The molecule has 0 spiro atoms. The Bertz CT molecular complexity index is 1230. The summed E-state index contributed by atoms with van der Waals surface area (Å²) in [5.41, 5.74) is 2.25. The van der Waals surface area contributed by atoms with Crippen molar-refractivity contribution in [3.05, 3.63) is 63.2 Å². The number of thiophene rings is 1. The van der Waals surface area contributed by atoms with Gasteiger partial charge in [-0.05, 0) is 50.5 Å². The average Bonchev–Trinajstić information content (AvgIpc) is 3.59. The predicted molar refractivity (Wildman–Crippen MR) is 148 cm³/mol. The number of carbonyl (C=O) groups is 2. The molecule has 0 aliphatic heterocycles. The fourth-order valence-electron chi connectivity index (χ4n) is 4.51. The number of hydrogen-bond donors (Lipinski definition) is 3. The first-order valence-electron chi connectivity index (χ1n) is 12.4. The molecule has 2 amide bonds. The summed E-state index contributed by atoms with van der Waals surface area (Å²) >= 11 is 7.50. The summed E-state index contributed by atoms with van der Waals surface area (Å²) in [6, 6.07) is 8.30. The lowest BCUT2D eigenvalue weighted by Gasteiger charge is -2.21. The van der Waals surface area contributed by atoms with E-state index >= 15 is 0 Å². The molecule has 1 aliphatic carbocycles. The number of aryl methyl sites for hydroxylation is 1. The molecule has 0 bridgehead atoms. The molecule has 8 nitrogen and oxygen atoms in total. The number of aromatic nitrogens is 2. The number of nitrogens with zero attached hydrogens (tertiary/aromatic N) is 2. The molecule has 0 unspecified atom stereocenters. The summed E-state index contributed by atoms with van der Waals surface area (Å²) in [5, 5.41) is 9.85. The lowest BCUT2D eigenvalue weighted by Crippen LogP contribution is -2.44. The summed E-state index contributed by atoms with van der Waals surface area (Å²) in [6.07, 6.45) is 8.25. The number of nitrogens with one attached hydrogen (secondary N) is 3. The number of methoxy groups -OCH3 is 1. The number of hydrogen-bond acceptors (Lipinski definition) is 7. The number of pyridine rings is 2. The smallest absolute Gasteiger partial charge is 0.262 e. The second-order valence-electron chi connectivity index (χ2n) is 9.35. The molecule has 196 valence electrons. The van der Waals surface area contributed by atoms with Crippen LogP contribution < -0.4 is 20.7 Å². The van der Waals surface area contributed by atoms with E-state index in [9.17, 15) is 9.59 Å². The molecule has 1 saturated carbocycles. The normalized spacial score (nSPS) is 15.1. The van der Waals surface area contributed by atoms with E-state index in [-0.39, 0.29) is 17.9 Å². The number of halogens is 1. The van der Waals surface area contributed by atoms with Gasteiger partial charge >= 0.3 is 0 Å². The Balaban J connectivity index is 1.43. The molecule has 0 aromatic carbocycles. The zero-order valence-electron chi connectivity index (χ0n) is 21.2. The van der Waals surface area contributed by atoms with Crippen molar-refractivity contribution in [3.8, 4) is 5.88 Å². The van der Waals surface area contributed by atoms with Crippen LogP contribution in [0.2, 0.25) is 5.02 Å². The molecule has 0 radical (unpaired) electrons. The van der Waals surface area contributed by atoms with Crippen molar-refractivity contribution in [1.29, 1.82) is 0 Å². The fourth-order valence-corrected chi connectivity index (χ4v) is 5.58. The van der Waals surface area contributed by atoms with Gasteiger partial charge in [0.1, 0.15) is 6.04 Å². The van der Waals surface area contributed by atoms with Gasteiger partial charge in [0.15, 0.2) is 0 Å². The molecule has 10 heteroatoms. The van der Waals surface area contributed by atoms with Crippen molar-refractivity contribution in [2.24, 2.45) is 5.92 Å². The van der Waals surface area contributed by atoms with Gasteiger partial charge in [0.2, 0.25) is 11.8 Å². The molecule has 4 rings (SSSR count). The summed E-state index contributed by atoms with van der Waals surface area (Å²) in [5.74, 6) is 0.383. The van der Waals surface area contributed by atoms with Crippen LogP contribution in [0.25, 0.3) is 0 Å². The third-order valence-corrected chi connectivity index (χ3v) is 8.05. The molecule has 3 aromatic heterocycles. The molecule has 3 heterocycles. The molecule has 1 aliphatic rings. The van der Waals surface area contributed by atoms with E-state index in [2.05, 4.69) is 25.9 Å². The first kappa shape index (κ1) is 26.9. The third-order valence-electron chi connectivity index (χ3n) is 6.58. The van der Waals surface area contributed by atoms with Crippen LogP contribution in [0.3, 0.4) is 0 Å². The number of rotatable bonds is 10. The maximum atomic E-state index is 13.2. The number of ether oxygens (including phenoxy) is 1. The lowest BCUT2D eigenvalue weighted by molar-refractivity contribution is -0.118. The Morgan fingerprint density at radius 2 is 1.95 bits per heavy atom. The summed E-state index contributed by atoms with van der Waals surface area (Å²) < 4.78 is 5.08. The van der Waals surface area contributed by atoms with E-state index < -0.39 is 6.04 Å². The van der Waals surface area contributed by atoms with Gasteiger partial charge in [0, 0.05) is 17.1 Å². The maximum Gasteiger partial charge on any atom is 0.262 e. The lowest BCUT2D eigenvalue weighted by atomic mass is 9.97. The maximum absolute atomic E-state index is 13.2. The summed E-state index contributed by atoms with van der Waals surface area (Å²) in [6.45, 7) is 3.93. The van der Waals surface area contributed by atoms with Crippen LogP contribution in [0.15, 0.2) is 42.7 Å². The highest BCUT2D eigenvalue weighted by atomic mass is 35.5. The second-order valence-corrected chi connectivity index (χ2v) is 10.9. The van der Waals surface area contributed by atoms with Crippen molar-refractivity contribution >= 4 is 46.1 Å². The SMILES string of the molecule is COc1ccc(NC(=O)[C@H](CC2CCCC2)NC(=O)c2ccc([C@H](C)Nc3cc(Cl)cnc3C)s2)cn1. The van der Waals surface area contributed by atoms with Gasteiger partial charge in [-0.1, -0.05) is 37.3 Å². The molecule has 3 aromatic rings. The fraction of sp³-hybridized carbons (Fsp3) is 0.407. The third kappa shape index (κ3) is 7.20. The standard InChI is InChI=1S/C27H32ClN5O3S/c1-16-21(13-19(28)14-29-16)31-17(2)23-9-10-24(37-23)27(35)33-22(12-18-6-4-5-7-18)26(34)32-20-8-11-25(36-3)30-15-20/h8-11,13-15,17-18,22,31H,4-7,12H2,1-3H3,(H,32,34)(H,33,35)/t17-,22-/m0/s1. The minimum Gasteiger partial charge on any atom is -0.481 e. The van der Waals surface area contributed by atoms with E-state index in [0.717, 1.165) is 41.9 Å². The monoisotopic (exact) mass is 541 g/mol. The minimum atomic E-state index is -0.640. The number of carbonyl (C=O) groups excluding carboxylic acids is 2. The zero-order chi connectivity index (χ0) is 26.4. The Labute approximate surface area is 226 Å². The van der Waals surface area contributed by atoms with Crippen LogP contribution >= 0.6 is 22.9 Å². The van der Waals surface area contributed by atoms with Crippen molar-refractivity contribution in [3.63, 3.8) is 0 Å². The highest BCUT2D eigenvalue weighted by Gasteiger charge is 2.28. The zero-order valence-corrected chi connectivity index (χ0v) is 22.8. The quantitative estimate of drug-likeness (QED) is 0.291. The van der Waals surface area contributed by atoms with Crippen LogP contribution in [-0.2, 0) is 4.79 Å². The molecular formula is C27H32ClN5O3S. The Morgan fingerprint density at radius 3 is 2.65 bits per heavy atom. The molecule has 37 heavy (non-hydrogen) atoms. The van der Waals surface area contributed by atoms with Gasteiger partial charge in [-0.2, -0.15) is 0 Å². The predicted octanol–water partition coefficient (Wildman–Crippen LogP) is 6.00. The highest BCUT2D eigenvalue weighted by Crippen LogP contribution is 2.30. The van der Waals surface area contributed by atoms with Crippen molar-refractivity contribution in [2.45, 2.75) is 58.0 Å². The second kappa shape index (κ2) is 12.4. The van der Waals surface area contributed by atoms with Crippen LogP contribution in [0.5, 0.6) is 5.88 Å². The van der Waals surface area contributed by atoms with Crippen LogP contribution in [0, 0.1) is 12.8 Å². The van der Waals surface area contributed by atoms with Gasteiger partial charge in [0.25, 0.3) is 5.91 Å². The first-order chi connectivity index (χ1) is 17.8. The Kier molecular flexibility index (Phi) is 9.00. The summed E-state index contributed by atoms with van der Waals surface area (Å²) in [4.78, 5) is 36.4. The molecule has 2 atom stereocenters. The average molecular weight is 542 g/mol. The van der Waals surface area contributed by atoms with E-state index in [1.807, 2.05) is 26.0 Å². The highest BCUT2D eigenvalue weighted by molar-refractivity contribution is 7.14. The van der Waals surface area contributed by atoms with E-state index in [0.29, 0.717) is 33.8 Å². The van der Waals surface area contributed by atoms with Gasteiger partial charge in [0.05, 0.1) is 46.3 Å². The number of amides is 2. The van der Waals surface area contributed by atoms with Crippen molar-refractivity contribution < 1.29 is 14.3 Å². The van der Waals surface area contributed by atoms with Crippen molar-refractivity contribution in [2.75, 3.05) is 17.7 Å². The van der Waals surface area contributed by atoms with Gasteiger partial charge < -0.3 is 20.7 Å². The molecule has 1 fully saturated rings. The molecule has 3 N–H and O–H groups in total. The molecule has 0 saturated heterocycles. The Morgan fingerprint density at radius 1 is 1.16 bits per heavy atom. The van der Waals surface area contributed by atoms with Gasteiger partial charge in [-0.15, -0.1) is 11.3 Å². The van der Waals surface area contributed by atoms with Gasteiger partial charge in [-0.3, -0.25) is 14.6 Å². The van der Waals surface area contributed by atoms with E-state index in [1.54, 1.807) is 30.6 Å². The van der Waals surface area contributed by atoms with Crippen LogP contribution in [0.1, 0.15) is 65.3 Å². The van der Waals surface area contributed by atoms with E-state index in [4.69, 9.17) is 16.3 Å². The summed E-state index contributed by atoms with van der Waals surface area (Å²) in [7, 11) is 1.54. The van der Waals surface area contributed by atoms with Crippen molar-refractivity contribution in [1.82, 2.24) is 15.3 Å². The number of anilines is 2.